The Labute approximate surface area is 172 Å². The van der Waals surface area contributed by atoms with Gasteiger partial charge in [-0.1, -0.05) is 12.1 Å². The predicted molar refractivity (Wildman–Crippen MR) is 116 cm³/mol. The second kappa shape index (κ2) is 9.16. The largest absolute Gasteiger partial charge is 0.376 e. The van der Waals surface area contributed by atoms with Crippen molar-refractivity contribution < 1.29 is 9.18 Å². The van der Waals surface area contributed by atoms with Gasteiger partial charge in [0.05, 0.1) is 12.2 Å². The molecule has 0 aliphatic carbocycles. The number of nitrogens with one attached hydrogen (secondary N) is 1. The average Bonchev–Trinajstić information content (AvgIpc) is 2.79. The second-order valence-corrected chi connectivity index (χ2v) is 7.77. The van der Waals surface area contributed by atoms with Gasteiger partial charge in [0, 0.05) is 50.6 Å². The SMILES string of the molecule is O=C(CNc1ccc(N2CCCCC2)cc1)N1CCN(c2ccccc2F)CC1. The van der Waals surface area contributed by atoms with Gasteiger partial charge in [-0.3, -0.25) is 4.79 Å². The monoisotopic (exact) mass is 396 g/mol. The topological polar surface area (TPSA) is 38.8 Å². The number of halogens is 1. The van der Waals surface area contributed by atoms with Crippen LogP contribution in [0.3, 0.4) is 0 Å². The van der Waals surface area contributed by atoms with Crippen LogP contribution < -0.4 is 15.1 Å². The minimum atomic E-state index is -0.207. The van der Waals surface area contributed by atoms with Crippen LogP contribution in [0.5, 0.6) is 0 Å². The molecule has 0 aromatic heterocycles. The summed E-state index contributed by atoms with van der Waals surface area (Å²) in [6.45, 7) is 5.07. The van der Waals surface area contributed by atoms with Gasteiger partial charge in [-0.15, -0.1) is 0 Å². The van der Waals surface area contributed by atoms with Gasteiger partial charge >= 0.3 is 0 Å². The van der Waals surface area contributed by atoms with Crippen molar-refractivity contribution in [2.75, 3.05) is 60.9 Å². The zero-order chi connectivity index (χ0) is 20.1. The van der Waals surface area contributed by atoms with Crippen molar-refractivity contribution in [1.29, 1.82) is 0 Å². The van der Waals surface area contributed by atoms with E-state index in [0.29, 0.717) is 31.9 Å². The van der Waals surface area contributed by atoms with Crippen LogP contribution in [0.25, 0.3) is 0 Å². The van der Waals surface area contributed by atoms with Crippen molar-refractivity contribution in [3.05, 3.63) is 54.3 Å². The molecular formula is C23H29FN4O. The predicted octanol–water partition coefficient (Wildman–Crippen LogP) is 3.58. The first-order valence-corrected chi connectivity index (χ1v) is 10.6. The third kappa shape index (κ3) is 4.81. The van der Waals surface area contributed by atoms with Gasteiger partial charge in [-0.2, -0.15) is 0 Å². The summed E-state index contributed by atoms with van der Waals surface area (Å²) in [5, 5.41) is 3.24. The lowest BCUT2D eigenvalue weighted by Gasteiger charge is -2.36. The lowest BCUT2D eigenvalue weighted by molar-refractivity contribution is -0.129. The number of para-hydroxylation sites is 1. The summed E-state index contributed by atoms with van der Waals surface area (Å²) < 4.78 is 14.0. The Hall–Kier alpha value is -2.76. The minimum absolute atomic E-state index is 0.0818. The second-order valence-electron chi connectivity index (χ2n) is 7.77. The van der Waals surface area contributed by atoms with Gasteiger partial charge in [-0.05, 0) is 55.7 Å². The van der Waals surface area contributed by atoms with Crippen LogP contribution in [0.1, 0.15) is 19.3 Å². The highest BCUT2D eigenvalue weighted by Crippen LogP contribution is 2.22. The normalized spacial score (nSPS) is 17.3. The Morgan fingerprint density at radius 2 is 1.52 bits per heavy atom. The highest BCUT2D eigenvalue weighted by atomic mass is 19.1. The van der Waals surface area contributed by atoms with Gasteiger partial charge in [0.2, 0.25) is 5.91 Å². The summed E-state index contributed by atoms with van der Waals surface area (Å²) in [5.41, 5.74) is 2.83. The maximum Gasteiger partial charge on any atom is 0.241 e. The number of piperazine rings is 1. The Bertz CT molecular complexity index is 812. The van der Waals surface area contributed by atoms with Crippen molar-refractivity contribution in [1.82, 2.24) is 4.90 Å². The van der Waals surface area contributed by atoms with E-state index in [0.717, 1.165) is 18.8 Å². The fraction of sp³-hybridized carbons (Fsp3) is 0.435. The van der Waals surface area contributed by atoms with Crippen molar-refractivity contribution >= 4 is 23.0 Å². The number of nitrogens with zero attached hydrogens (tertiary/aromatic N) is 3. The lowest BCUT2D eigenvalue weighted by atomic mass is 10.1. The van der Waals surface area contributed by atoms with E-state index in [1.807, 2.05) is 28.0 Å². The summed E-state index contributed by atoms with van der Waals surface area (Å²) in [7, 11) is 0. The van der Waals surface area contributed by atoms with E-state index in [4.69, 9.17) is 0 Å². The molecule has 0 bridgehead atoms. The first-order valence-electron chi connectivity index (χ1n) is 10.6. The molecule has 0 radical (unpaired) electrons. The zero-order valence-corrected chi connectivity index (χ0v) is 16.8. The first kappa shape index (κ1) is 19.6. The molecule has 6 heteroatoms. The number of hydrogen-bond acceptors (Lipinski definition) is 4. The van der Waals surface area contributed by atoms with Crippen LogP contribution in [-0.2, 0) is 4.79 Å². The molecule has 2 aromatic rings. The molecule has 2 fully saturated rings. The third-order valence-electron chi connectivity index (χ3n) is 5.86. The van der Waals surface area contributed by atoms with E-state index < -0.39 is 0 Å². The average molecular weight is 397 g/mol. The van der Waals surface area contributed by atoms with Crippen LogP contribution in [0.4, 0.5) is 21.5 Å². The number of benzene rings is 2. The molecular weight excluding hydrogens is 367 g/mol. The van der Waals surface area contributed by atoms with E-state index in [1.54, 1.807) is 12.1 Å². The van der Waals surface area contributed by atoms with E-state index in [2.05, 4.69) is 22.3 Å². The van der Waals surface area contributed by atoms with Gasteiger partial charge in [0.1, 0.15) is 5.82 Å². The van der Waals surface area contributed by atoms with Crippen LogP contribution in [0, 0.1) is 5.82 Å². The number of amides is 1. The number of carbonyl (C=O) groups is 1. The van der Waals surface area contributed by atoms with Crippen LogP contribution in [-0.4, -0.2) is 56.6 Å². The molecule has 1 N–H and O–H groups in total. The number of piperidine rings is 1. The third-order valence-corrected chi connectivity index (χ3v) is 5.86. The number of hydrogen-bond donors (Lipinski definition) is 1. The van der Waals surface area contributed by atoms with Gasteiger partial charge in [-0.25, -0.2) is 4.39 Å². The lowest BCUT2D eigenvalue weighted by Crippen LogP contribution is -2.50. The quantitative estimate of drug-likeness (QED) is 0.839. The molecule has 2 aliphatic rings. The van der Waals surface area contributed by atoms with Crippen molar-refractivity contribution in [3.8, 4) is 0 Å². The molecule has 0 saturated carbocycles. The van der Waals surface area contributed by atoms with E-state index in [-0.39, 0.29) is 18.3 Å². The van der Waals surface area contributed by atoms with Crippen molar-refractivity contribution in [3.63, 3.8) is 0 Å². The molecule has 4 rings (SSSR count). The van der Waals surface area contributed by atoms with Crippen LogP contribution >= 0.6 is 0 Å². The molecule has 0 atom stereocenters. The standard InChI is InChI=1S/C23H29FN4O/c24-21-6-2-3-7-22(21)27-14-16-28(17-15-27)23(29)18-25-19-8-10-20(11-9-19)26-12-4-1-5-13-26/h2-3,6-11,25H,1,4-5,12-18H2. The Morgan fingerprint density at radius 3 is 2.21 bits per heavy atom. The molecule has 2 heterocycles. The van der Waals surface area contributed by atoms with Crippen molar-refractivity contribution in [2.24, 2.45) is 0 Å². The summed E-state index contributed by atoms with van der Waals surface area (Å²) in [5.74, 6) is -0.125. The van der Waals surface area contributed by atoms with Gasteiger partial charge < -0.3 is 20.0 Å². The molecule has 154 valence electrons. The smallest absolute Gasteiger partial charge is 0.241 e. The number of carbonyl (C=O) groups excluding carboxylic acids is 1. The maximum absolute atomic E-state index is 14.0. The van der Waals surface area contributed by atoms with E-state index in [1.165, 1.54) is 31.0 Å². The van der Waals surface area contributed by atoms with Gasteiger partial charge in [0.25, 0.3) is 0 Å². The molecule has 2 aliphatic heterocycles. The molecule has 29 heavy (non-hydrogen) atoms. The Kier molecular flexibility index (Phi) is 6.17. The zero-order valence-electron chi connectivity index (χ0n) is 16.8. The molecule has 2 saturated heterocycles. The van der Waals surface area contributed by atoms with Gasteiger partial charge in [0.15, 0.2) is 0 Å². The Balaban J connectivity index is 1.24. The number of anilines is 3. The summed E-state index contributed by atoms with van der Waals surface area (Å²) in [4.78, 5) is 18.8. The summed E-state index contributed by atoms with van der Waals surface area (Å²) >= 11 is 0. The molecule has 1 amide bonds. The highest BCUT2D eigenvalue weighted by Gasteiger charge is 2.22. The molecule has 5 nitrogen and oxygen atoms in total. The molecule has 2 aromatic carbocycles. The Morgan fingerprint density at radius 1 is 0.828 bits per heavy atom. The van der Waals surface area contributed by atoms with Crippen molar-refractivity contribution in [2.45, 2.75) is 19.3 Å². The highest BCUT2D eigenvalue weighted by molar-refractivity contribution is 5.81. The molecule has 0 unspecified atom stereocenters. The fourth-order valence-corrected chi connectivity index (χ4v) is 4.14. The fourth-order valence-electron chi connectivity index (χ4n) is 4.14. The van der Waals surface area contributed by atoms with Crippen LogP contribution in [0.15, 0.2) is 48.5 Å². The summed E-state index contributed by atoms with van der Waals surface area (Å²) in [6, 6.07) is 15.2. The maximum atomic E-state index is 14.0. The van der Waals surface area contributed by atoms with E-state index >= 15 is 0 Å². The number of rotatable bonds is 5. The molecule has 0 spiro atoms. The summed E-state index contributed by atoms with van der Waals surface area (Å²) in [6.07, 6.45) is 3.85. The van der Waals surface area contributed by atoms with Crippen LogP contribution in [0.2, 0.25) is 0 Å². The first-order chi connectivity index (χ1) is 14.2. The minimum Gasteiger partial charge on any atom is -0.376 e. The van der Waals surface area contributed by atoms with E-state index in [9.17, 15) is 9.18 Å².